The van der Waals surface area contributed by atoms with Gasteiger partial charge in [0.2, 0.25) is 0 Å². The van der Waals surface area contributed by atoms with Crippen molar-refractivity contribution in [3.63, 3.8) is 0 Å². The van der Waals surface area contributed by atoms with Crippen molar-refractivity contribution in [2.45, 2.75) is 13.5 Å². The van der Waals surface area contributed by atoms with E-state index < -0.39 is 0 Å². The molecule has 1 aliphatic rings. The first kappa shape index (κ1) is 11.7. The van der Waals surface area contributed by atoms with Crippen LogP contribution < -0.4 is 0 Å². The van der Waals surface area contributed by atoms with E-state index in [1.807, 2.05) is 36.4 Å². The number of rotatable bonds is 2. The zero-order chi connectivity index (χ0) is 12.1. The lowest BCUT2D eigenvalue weighted by Gasteiger charge is -2.26. The molecule has 2 rings (SSSR count). The summed E-state index contributed by atoms with van der Waals surface area (Å²) in [6.07, 6.45) is 3.91. The molecule has 0 radical (unpaired) electrons. The topological polar surface area (TPSA) is 29.5 Å². The standard InChI is InChI=1S/C14H17NO2/c1-12-6-5-9-15(10-12)14(16)17-11-13-7-3-2-4-8-13/h2-8,12H,9-11H2,1H3. The van der Waals surface area contributed by atoms with Crippen molar-refractivity contribution in [3.8, 4) is 0 Å². The van der Waals surface area contributed by atoms with E-state index in [9.17, 15) is 4.79 Å². The largest absolute Gasteiger partial charge is 0.445 e. The van der Waals surface area contributed by atoms with Crippen LogP contribution in [-0.2, 0) is 11.3 Å². The van der Waals surface area contributed by atoms with Gasteiger partial charge in [-0.2, -0.15) is 0 Å². The summed E-state index contributed by atoms with van der Waals surface area (Å²) in [6, 6.07) is 9.73. The fourth-order valence-electron chi connectivity index (χ4n) is 1.86. The van der Waals surface area contributed by atoms with Gasteiger partial charge < -0.3 is 9.64 Å². The van der Waals surface area contributed by atoms with Gasteiger partial charge in [-0.15, -0.1) is 0 Å². The fourth-order valence-corrected chi connectivity index (χ4v) is 1.86. The van der Waals surface area contributed by atoms with E-state index in [-0.39, 0.29) is 6.09 Å². The van der Waals surface area contributed by atoms with Crippen molar-refractivity contribution in [1.82, 2.24) is 4.90 Å². The molecule has 0 bridgehead atoms. The molecule has 0 spiro atoms. The number of amides is 1. The van der Waals surface area contributed by atoms with Crippen molar-refractivity contribution in [1.29, 1.82) is 0 Å². The molecule has 1 amide bonds. The van der Waals surface area contributed by atoms with Crippen LogP contribution in [0.3, 0.4) is 0 Å². The Kier molecular flexibility index (Phi) is 3.81. The number of benzene rings is 1. The molecule has 0 aliphatic carbocycles. The molecule has 3 heteroatoms. The Bertz CT molecular complexity index is 400. The molecule has 1 aliphatic heterocycles. The summed E-state index contributed by atoms with van der Waals surface area (Å²) in [7, 11) is 0. The molecule has 3 nitrogen and oxygen atoms in total. The molecule has 0 aromatic heterocycles. The first-order chi connectivity index (χ1) is 8.25. The van der Waals surface area contributed by atoms with Gasteiger partial charge in [-0.05, 0) is 11.5 Å². The quantitative estimate of drug-likeness (QED) is 0.732. The predicted octanol–water partition coefficient (Wildman–Crippen LogP) is 2.83. The molecule has 0 N–H and O–H groups in total. The summed E-state index contributed by atoms with van der Waals surface area (Å²) in [5, 5.41) is 0. The average molecular weight is 231 g/mol. The van der Waals surface area contributed by atoms with Crippen LogP contribution in [0.5, 0.6) is 0 Å². The van der Waals surface area contributed by atoms with Crippen LogP contribution in [0.25, 0.3) is 0 Å². The lowest BCUT2D eigenvalue weighted by atomic mass is 10.1. The molecule has 1 atom stereocenters. The highest BCUT2D eigenvalue weighted by atomic mass is 16.6. The van der Waals surface area contributed by atoms with Gasteiger partial charge in [-0.3, -0.25) is 0 Å². The van der Waals surface area contributed by atoms with E-state index in [1.54, 1.807) is 4.90 Å². The minimum absolute atomic E-state index is 0.231. The molecule has 0 fully saturated rings. The van der Waals surface area contributed by atoms with Crippen LogP contribution in [0.1, 0.15) is 12.5 Å². The maximum absolute atomic E-state index is 11.8. The molecule has 0 saturated heterocycles. The molecule has 90 valence electrons. The molecule has 17 heavy (non-hydrogen) atoms. The normalized spacial score (nSPS) is 19.1. The molecule has 1 aromatic carbocycles. The van der Waals surface area contributed by atoms with E-state index >= 15 is 0 Å². The highest BCUT2D eigenvalue weighted by Gasteiger charge is 2.18. The van der Waals surface area contributed by atoms with E-state index in [1.165, 1.54) is 0 Å². The third-order valence-corrected chi connectivity index (χ3v) is 2.76. The van der Waals surface area contributed by atoms with Gasteiger partial charge in [0.25, 0.3) is 0 Å². The van der Waals surface area contributed by atoms with Gasteiger partial charge in [0.05, 0.1) is 0 Å². The molecule has 0 saturated carbocycles. The van der Waals surface area contributed by atoms with Crippen molar-refractivity contribution in [3.05, 3.63) is 48.0 Å². The Morgan fingerprint density at radius 1 is 1.41 bits per heavy atom. The second-order valence-corrected chi connectivity index (χ2v) is 4.35. The van der Waals surface area contributed by atoms with Crippen LogP contribution in [-0.4, -0.2) is 24.1 Å². The maximum atomic E-state index is 11.8. The summed E-state index contributed by atoms with van der Waals surface area (Å²) in [4.78, 5) is 13.5. The average Bonchev–Trinajstić information content (AvgIpc) is 2.37. The third kappa shape index (κ3) is 3.34. The maximum Gasteiger partial charge on any atom is 0.410 e. The van der Waals surface area contributed by atoms with Crippen LogP contribution in [0, 0.1) is 5.92 Å². The second-order valence-electron chi connectivity index (χ2n) is 4.35. The van der Waals surface area contributed by atoms with E-state index in [0.29, 0.717) is 19.1 Å². The first-order valence-corrected chi connectivity index (χ1v) is 5.88. The lowest BCUT2D eigenvalue weighted by Crippen LogP contribution is -2.37. The van der Waals surface area contributed by atoms with Gasteiger partial charge in [-0.1, -0.05) is 49.4 Å². The zero-order valence-corrected chi connectivity index (χ0v) is 10.0. The monoisotopic (exact) mass is 231 g/mol. The molecule has 1 unspecified atom stereocenters. The summed E-state index contributed by atoms with van der Waals surface area (Å²) >= 11 is 0. The fraction of sp³-hybridized carbons (Fsp3) is 0.357. The van der Waals surface area contributed by atoms with Crippen LogP contribution in [0.2, 0.25) is 0 Å². The van der Waals surface area contributed by atoms with Crippen LogP contribution in [0.4, 0.5) is 4.79 Å². The van der Waals surface area contributed by atoms with Crippen LogP contribution in [0.15, 0.2) is 42.5 Å². The Balaban J connectivity index is 1.84. The summed E-state index contributed by atoms with van der Waals surface area (Å²) in [5.41, 5.74) is 1.02. The molecule has 1 heterocycles. The number of hydrogen-bond donors (Lipinski definition) is 0. The summed E-state index contributed by atoms with van der Waals surface area (Å²) in [5.74, 6) is 0.410. The molecular formula is C14H17NO2. The van der Waals surface area contributed by atoms with Crippen molar-refractivity contribution in [2.24, 2.45) is 5.92 Å². The highest BCUT2D eigenvalue weighted by Crippen LogP contribution is 2.10. The van der Waals surface area contributed by atoms with Gasteiger partial charge in [0.1, 0.15) is 6.61 Å². The predicted molar refractivity (Wildman–Crippen MR) is 66.5 cm³/mol. The Morgan fingerprint density at radius 2 is 2.18 bits per heavy atom. The Labute approximate surface area is 102 Å². The molecular weight excluding hydrogens is 214 g/mol. The van der Waals surface area contributed by atoms with Crippen LogP contribution >= 0.6 is 0 Å². The highest BCUT2D eigenvalue weighted by molar-refractivity contribution is 5.68. The van der Waals surface area contributed by atoms with Crippen molar-refractivity contribution < 1.29 is 9.53 Å². The first-order valence-electron chi connectivity index (χ1n) is 5.88. The van der Waals surface area contributed by atoms with Gasteiger partial charge in [-0.25, -0.2) is 4.79 Å². The van der Waals surface area contributed by atoms with E-state index in [0.717, 1.165) is 12.1 Å². The minimum Gasteiger partial charge on any atom is -0.445 e. The second kappa shape index (κ2) is 5.53. The number of hydrogen-bond acceptors (Lipinski definition) is 2. The van der Waals surface area contributed by atoms with E-state index in [2.05, 4.69) is 13.0 Å². The van der Waals surface area contributed by atoms with Crippen molar-refractivity contribution >= 4 is 6.09 Å². The number of nitrogens with zero attached hydrogens (tertiary/aromatic N) is 1. The van der Waals surface area contributed by atoms with Gasteiger partial charge in [0, 0.05) is 13.1 Å². The number of carbonyl (C=O) groups excluding carboxylic acids is 1. The van der Waals surface area contributed by atoms with Gasteiger partial charge in [0.15, 0.2) is 0 Å². The summed E-state index contributed by atoms with van der Waals surface area (Å²) in [6.45, 7) is 3.82. The molecule has 1 aromatic rings. The Morgan fingerprint density at radius 3 is 2.88 bits per heavy atom. The smallest absolute Gasteiger partial charge is 0.410 e. The lowest BCUT2D eigenvalue weighted by molar-refractivity contribution is 0.0956. The Hall–Kier alpha value is -1.77. The van der Waals surface area contributed by atoms with Gasteiger partial charge >= 0.3 is 6.09 Å². The van der Waals surface area contributed by atoms with E-state index in [4.69, 9.17) is 4.74 Å². The number of carbonyl (C=O) groups is 1. The zero-order valence-electron chi connectivity index (χ0n) is 10.0. The summed E-state index contributed by atoms with van der Waals surface area (Å²) < 4.78 is 5.27. The third-order valence-electron chi connectivity index (χ3n) is 2.76. The number of ether oxygens (including phenoxy) is 1. The van der Waals surface area contributed by atoms with Crippen molar-refractivity contribution in [2.75, 3.05) is 13.1 Å². The SMILES string of the molecule is CC1C=CCN(C(=O)OCc2ccccc2)C1. The minimum atomic E-state index is -0.231.